The van der Waals surface area contributed by atoms with Crippen molar-refractivity contribution >= 4 is 5.97 Å². The van der Waals surface area contributed by atoms with E-state index in [1.54, 1.807) is 6.92 Å². The predicted molar refractivity (Wildman–Crippen MR) is 81.6 cm³/mol. The molecule has 0 spiro atoms. The average molecular weight is 290 g/mol. The van der Waals surface area contributed by atoms with Gasteiger partial charge in [-0.15, -0.1) is 0 Å². The van der Waals surface area contributed by atoms with Crippen molar-refractivity contribution < 1.29 is 14.6 Å². The number of carbonyl (C=O) groups excluding carboxylic acids is 1. The Morgan fingerprint density at radius 1 is 1.48 bits per heavy atom. The van der Waals surface area contributed by atoms with E-state index < -0.39 is 11.2 Å². The van der Waals surface area contributed by atoms with E-state index in [1.165, 1.54) is 5.57 Å². The highest BCUT2D eigenvalue weighted by molar-refractivity contribution is 5.87. The first kappa shape index (κ1) is 14.8. The second kappa shape index (κ2) is 4.22. The molecule has 3 nitrogen and oxygen atoms in total. The van der Waals surface area contributed by atoms with Gasteiger partial charge in [0.2, 0.25) is 0 Å². The zero-order valence-corrected chi connectivity index (χ0v) is 13.5. The summed E-state index contributed by atoms with van der Waals surface area (Å²) in [6, 6.07) is 0. The van der Waals surface area contributed by atoms with Gasteiger partial charge in [-0.2, -0.15) is 0 Å². The highest BCUT2D eigenvalue weighted by atomic mass is 16.6. The normalized spacial score (nSPS) is 40.9. The Morgan fingerprint density at radius 3 is 2.76 bits per heavy atom. The second-order valence-electron chi connectivity index (χ2n) is 8.16. The Labute approximate surface area is 127 Å². The number of hydrogen-bond donors (Lipinski definition) is 1. The van der Waals surface area contributed by atoms with Crippen LogP contribution in [-0.2, 0) is 9.53 Å². The lowest BCUT2D eigenvalue weighted by atomic mass is 9.61. The van der Waals surface area contributed by atoms with Gasteiger partial charge >= 0.3 is 5.97 Å². The summed E-state index contributed by atoms with van der Waals surface area (Å²) < 4.78 is 5.75. The highest BCUT2D eigenvalue weighted by Crippen LogP contribution is 2.63. The lowest BCUT2D eigenvalue weighted by Gasteiger charge is -2.49. The molecule has 0 amide bonds. The SMILES string of the molecule is C=C(C)C(=O)OC(C)(C)C1(C)C=C2CC3(O)CC(CC23)C1. The topological polar surface area (TPSA) is 46.5 Å². The number of esters is 1. The maximum Gasteiger partial charge on any atom is 0.333 e. The molecule has 2 saturated carbocycles. The van der Waals surface area contributed by atoms with Crippen LogP contribution in [0.1, 0.15) is 53.4 Å². The molecule has 4 unspecified atom stereocenters. The number of rotatable bonds is 3. The summed E-state index contributed by atoms with van der Waals surface area (Å²) in [6.07, 6.45) is 6.04. The van der Waals surface area contributed by atoms with E-state index in [2.05, 4.69) is 19.6 Å². The standard InChI is InChI=1S/C18H26O3/c1-11(2)15(19)21-16(3,4)17(5)7-12-6-14-13(9-17)10-18(14,20)8-12/h9,12,14,20H,1,6-8,10H2,2-5H3. The Kier molecular flexibility index (Phi) is 2.98. The number of hydrogen-bond acceptors (Lipinski definition) is 3. The maximum absolute atomic E-state index is 11.9. The van der Waals surface area contributed by atoms with Crippen LogP contribution in [0.2, 0.25) is 0 Å². The third-order valence-corrected chi connectivity index (χ3v) is 6.11. The fourth-order valence-electron chi connectivity index (χ4n) is 4.55. The molecule has 21 heavy (non-hydrogen) atoms. The molecule has 3 rings (SSSR count). The van der Waals surface area contributed by atoms with Crippen molar-refractivity contribution in [3.8, 4) is 0 Å². The van der Waals surface area contributed by atoms with Crippen LogP contribution in [0.15, 0.2) is 23.8 Å². The van der Waals surface area contributed by atoms with Crippen LogP contribution in [0.5, 0.6) is 0 Å². The molecular formula is C18H26O3. The molecule has 3 aliphatic carbocycles. The zero-order chi connectivity index (χ0) is 15.6. The first-order valence-electron chi connectivity index (χ1n) is 7.89. The summed E-state index contributed by atoms with van der Waals surface area (Å²) in [6.45, 7) is 11.5. The number of ether oxygens (including phenoxy) is 1. The van der Waals surface area contributed by atoms with Crippen molar-refractivity contribution in [1.29, 1.82) is 0 Å². The number of carbonyl (C=O) groups is 1. The van der Waals surface area contributed by atoms with E-state index in [1.807, 2.05) is 13.8 Å². The first-order chi connectivity index (χ1) is 9.56. The molecule has 0 aromatic rings. The van der Waals surface area contributed by atoms with Gasteiger partial charge in [0.25, 0.3) is 0 Å². The van der Waals surface area contributed by atoms with E-state index in [9.17, 15) is 9.90 Å². The molecule has 0 heterocycles. The van der Waals surface area contributed by atoms with Crippen molar-refractivity contribution in [3.05, 3.63) is 23.8 Å². The molecule has 1 N–H and O–H groups in total. The van der Waals surface area contributed by atoms with E-state index in [-0.39, 0.29) is 11.4 Å². The van der Waals surface area contributed by atoms with Crippen LogP contribution in [0.25, 0.3) is 0 Å². The summed E-state index contributed by atoms with van der Waals surface area (Å²) in [5.41, 5.74) is 0.603. The van der Waals surface area contributed by atoms with Gasteiger partial charge in [-0.3, -0.25) is 0 Å². The third-order valence-electron chi connectivity index (χ3n) is 6.11. The van der Waals surface area contributed by atoms with Gasteiger partial charge in [0.1, 0.15) is 5.60 Å². The van der Waals surface area contributed by atoms with Crippen LogP contribution in [0.3, 0.4) is 0 Å². The quantitative estimate of drug-likeness (QED) is 0.492. The molecule has 0 saturated heterocycles. The summed E-state index contributed by atoms with van der Waals surface area (Å²) in [5.74, 6) is 0.542. The summed E-state index contributed by atoms with van der Waals surface area (Å²) in [4.78, 5) is 11.9. The smallest absolute Gasteiger partial charge is 0.333 e. The molecule has 3 heteroatoms. The maximum atomic E-state index is 11.9. The lowest BCUT2D eigenvalue weighted by molar-refractivity contribution is -0.162. The van der Waals surface area contributed by atoms with Crippen LogP contribution < -0.4 is 0 Å². The lowest BCUT2D eigenvalue weighted by Crippen LogP contribution is -2.49. The van der Waals surface area contributed by atoms with Crippen LogP contribution >= 0.6 is 0 Å². The average Bonchev–Trinajstić information content (AvgIpc) is 2.48. The van der Waals surface area contributed by atoms with Gasteiger partial charge in [0.05, 0.1) is 5.60 Å². The number of fused-ring (bicyclic) bond motifs is 1. The van der Waals surface area contributed by atoms with Gasteiger partial charge in [-0.25, -0.2) is 4.79 Å². The minimum Gasteiger partial charge on any atom is -0.455 e. The van der Waals surface area contributed by atoms with Crippen molar-refractivity contribution in [3.63, 3.8) is 0 Å². The predicted octanol–water partition coefficient (Wildman–Crippen LogP) is 3.38. The fraction of sp³-hybridized carbons (Fsp3) is 0.722. The molecule has 0 aliphatic heterocycles. The van der Waals surface area contributed by atoms with Crippen molar-refractivity contribution in [2.24, 2.45) is 17.3 Å². The monoisotopic (exact) mass is 290 g/mol. The molecule has 2 fully saturated rings. The second-order valence-corrected chi connectivity index (χ2v) is 8.16. The van der Waals surface area contributed by atoms with Crippen molar-refractivity contribution in [2.75, 3.05) is 0 Å². The van der Waals surface area contributed by atoms with E-state index in [4.69, 9.17) is 4.74 Å². The fourth-order valence-corrected chi connectivity index (χ4v) is 4.55. The zero-order valence-electron chi connectivity index (χ0n) is 13.5. The molecule has 0 aromatic carbocycles. The van der Waals surface area contributed by atoms with Gasteiger partial charge < -0.3 is 9.84 Å². The van der Waals surface area contributed by atoms with Crippen LogP contribution in [-0.4, -0.2) is 22.3 Å². The van der Waals surface area contributed by atoms with Crippen molar-refractivity contribution in [2.45, 2.75) is 64.6 Å². The van der Waals surface area contributed by atoms with E-state index >= 15 is 0 Å². The minimum absolute atomic E-state index is 0.186. The molecular weight excluding hydrogens is 264 g/mol. The summed E-state index contributed by atoms with van der Waals surface area (Å²) >= 11 is 0. The van der Waals surface area contributed by atoms with Gasteiger partial charge in [-0.05, 0) is 52.4 Å². The highest BCUT2D eigenvalue weighted by Gasteiger charge is 2.60. The molecule has 2 bridgehead atoms. The van der Waals surface area contributed by atoms with Gasteiger partial charge in [0, 0.05) is 16.9 Å². The first-order valence-corrected chi connectivity index (χ1v) is 7.89. The Morgan fingerprint density at radius 2 is 2.14 bits per heavy atom. The van der Waals surface area contributed by atoms with E-state index in [0.29, 0.717) is 17.4 Å². The molecule has 3 aliphatic rings. The minimum atomic E-state index is -0.575. The largest absolute Gasteiger partial charge is 0.455 e. The summed E-state index contributed by atoms with van der Waals surface area (Å²) in [7, 11) is 0. The molecule has 4 atom stereocenters. The van der Waals surface area contributed by atoms with Crippen molar-refractivity contribution in [1.82, 2.24) is 0 Å². The third kappa shape index (κ3) is 2.09. The number of aliphatic hydroxyl groups is 1. The van der Waals surface area contributed by atoms with Gasteiger partial charge in [0.15, 0.2) is 0 Å². The van der Waals surface area contributed by atoms with E-state index in [0.717, 1.165) is 25.7 Å². The molecule has 0 aromatic heterocycles. The van der Waals surface area contributed by atoms with Gasteiger partial charge in [-0.1, -0.05) is 25.2 Å². The molecule has 0 radical (unpaired) electrons. The Hall–Kier alpha value is -1.09. The Balaban J connectivity index is 1.89. The Bertz CT molecular complexity index is 545. The molecule has 116 valence electrons. The summed E-state index contributed by atoms with van der Waals surface area (Å²) in [5, 5.41) is 10.5. The van der Waals surface area contributed by atoms with Crippen LogP contribution in [0.4, 0.5) is 0 Å². The van der Waals surface area contributed by atoms with Crippen LogP contribution in [0, 0.1) is 17.3 Å².